The molecule has 0 saturated carbocycles. The molecule has 0 amide bonds. The van der Waals surface area contributed by atoms with Crippen LogP contribution >= 0.6 is 15.9 Å². The second kappa shape index (κ2) is 3.31. The Bertz CT molecular complexity index is 357. The van der Waals surface area contributed by atoms with E-state index in [2.05, 4.69) is 26.2 Å². The molecule has 1 aromatic rings. The van der Waals surface area contributed by atoms with Crippen molar-refractivity contribution in [1.29, 1.82) is 0 Å². The van der Waals surface area contributed by atoms with E-state index in [1.54, 1.807) is 7.05 Å². The minimum Gasteiger partial charge on any atom is -0.383 e. The van der Waals surface area contributed by atoms with Crippen LogP contribution in [0.25, 0.3) is 0 Å². The van der Waals surface area contributed by atoms with Crippen LogP contribution in [0.3, 0.4) is 0 Å². The highest BCUT2D eigenvalue weighted by molar-refractivity contribution is 9.10. The van der Waals surface area contributed by atoms with Gasteiger partial charge in [-0.2, -0.15) is 0 Å². The van der Waals surface area contributed by atoms with Crippen LogP contribution in [0, 0.1) is 13.8 Å². The Kier molecular flexibility index (Phi) is 2.57. The molecule has 0 atom stereocenters. The predicted octanol–water partition coefficient (Wildman–Crippen LogP) is 1.80. The Balaban J connectivity index is 3.52. The number of pyridine rings is 1. The third-order valence-electron chi connectivity index (χ3n) is 1.97. The zero-order chi connectivity index (χ0) is 9.30. The van der Waals surface area contributed by atoms with Crippen molar-refractivity contribution in [1.82, 2.24) is 4.98 Å². The molecule has 3 nitrogen and oxygen atoms in total. The molecule has 1 aromatic heterocycles. The number of aromatic amines is 1. The summed E-state index contributed by atoms with van der Waals surface area (Å²) < 4.78 is 0.754. The SMILES string of the molecule is CNc1c(C)c(C)c(Br)[nH]c1=O. The van der Waals surface area contributed by atoms with Crippen molar-refractivity contribution in [3.05, 3.63) is 26.1 Å². The van der Waals surface area contributed by atoms with E-state index in [1.165, 1.54) is 0 Å². The molecule has 0 bridgehead atoms. The minimum absolute atomic E-state index is 0.0903. The van der Waals surface area contributed by atoms with Crippen LogP contribution in [-0.4, -0.2) is 12.0 Å². The van der Waals surface area contributed by atoms with E-state index in [9.17, 15) is 4.79 Å². The Hall–Kier alpha value is -0.770. The molecule has 12 heavy (non-hydrogen) atoms. The van der Waals surface area contributed by atoms with Gasteiger partial charge in [0.2, 0.25) is 0 Å². The van der Waals surface area contributed by atoms with Gasteiger partial charge < -0.3 is 10.3 Å². The molecule has 4 heteroatoms. The maximum atomic E-state index is 11.3. The van der Waals surface area contributed by atoms with Gasteiger partial charge in [-0.05, 0) is 40.9 Å². The first-order valence-corrected chi connectivity index (χ1v) is 4.44. The first kappa shape index (κ1) is 9.32. The molecule has 0 aliphatic rings. The molecular weight excluding hydrogens is 220 g/mol. The van der Waals surface area contributed by atoms with Gasteiger partial charge in [-0.25, -0.2) is 0 Å². The Morgan fingerprint density at radius 3 is 2.42 bits per heavy atom. The first-order chi connectivity index (χ1) is 5.57. The van der Waals surface area contributed by atoms with E-state index in [1.807, 2.05) is 13.8 Å². The molecule has 0 radical (unpaired) electrons. The lowest BCUT2D eigenvalue weighted by Crippen LogP contribution is -2.14. The van der Waals surface area contributed by atoms with Crippen molar-refractivity contribution in [2.45, 2.75) is 13.8 Å². The van der Waals surface area contributed by atoms with Crippen LogP contribution in [0.5, 0.6) is 0 Å². The van der Waals surface area contributed by atoms with Gasteiger partial charge >= 0.3 is 0 Å². The van der Waals surface area contributed by atoms with Gasteiger partial charge in [0.25, 0.3) is 5.56 Å². The lowest BCUT2D eigenvalue weighted by atomic mass is 10.1. The van der Waals surface area contributed by atoms with Gasteiger partial charge in [-0.15, -0.1) is 0 Å². The average molecular weight is 231 g/mol. The third kappa shape index (κ3) is 1.39. The summed E-state index contributed by atoms with van der Waals surface area (Å²) in [6, 6.07) is 0. The standard InChI is InChI=1S/C8H11BrN2O/c1-4-5(2)7(9)11-8(12)6(4)10-3/h10H,1-3H3,(H,11,12). The molecule has 0 aromatic carbocycles. The number of aromatic nitrogens is 1. The van der Waals surface area contributed by atoms with E-state index in [0.717, 1.165) is 15.7 Å². The molecule has 0 spiro atoms. The van der Waals surface area contributed by atoms with E-state index >= 15 is 0 Å². The highest BCUT2D eigenvalue weighted by Crippen LogP contribution is 2.19. The van der Waals surface area contributed by atoms with Crippen LogP contribution in [0.2, 0.25) is 0 Å². The van der Waals surface area contributed by atoms with E-state index in [-0.39, 0.29) is 5.56 Å². The van der Waals surface area contributed by atoms with Crippen LogP contribution in [0.15, 0.2) is 9.40 Å². The molecule has 0 fully saturated rings. The monoisotopic (exact) mass is 230 g/mol. The summed E-state index contributed by atoms with van der Waals surface area (Å²) in [5, 5.41) is 2.87. The average Bonchev–Trinajstić information content (AvgIpc) is 2.01. The lowest BCUT2D eigenvalue weighted by Gasteiger charge is -2.07. The fourth-order valence-corrected chi connectivity index (χ4v) is 1.56. The van der Waals surface area contributed by atoms with Crippen molar-refractivity contribution in [2.24, 2.45) is 0 Å². The maximum absolute atomic E-state index is 11.3. The predicted molar refractivity (Wildman–Crippen MR) is 53.8 cm³/mol. The quantitative estimate of drug-likeness (QED) is 0.724. The van der Waals surface area contributed by atoms with Gasteiger partial charge in [-0.3, -0.25) is 4.79 Å². The smallest absolute Gasteiger partial charge is 0.272 e. The Morgan fingerprint density at radius 2 is 1.92 bits per heavy atom. The molecule has 0 unspecified atom stereocenters. The highest BCUT2D eigenvalue weighted by Gasteiger charge is 2.07. The van der Waals surface area contributed by atoms with Gasteiger partial charge in [0, 0.05) is 7.05 Å². The number of rotatable bonds is 1. The van der Waals surface area contributed by atoms with Crippen LogP contribution < -0.4 is 10.9 Å². The maximum Gasteiger partial charge on any atom is 0.272 e. The molecule has 66 valence electrons. The van der Waals surface area contributed by atoms with Gasteiger partial charge in [0.05, 0.1) is 4.60 Å². The lowest BCUT2D eigenvalue weighted by molar-refractivity contribution is 1.12. The van der Waals surface area contributed by atoms with Gasteiger partial charge in [-0.1, -0.05) is 0 Å². The number of hydrogen-bond donors (Lipinski definition) is 2. The van der Waals surface area contributed by atoms with Gasteiger partial charge in [0.1, 0.15) is 5.69 Å². The summed E-state index contributed by atoms with van der Waals surface area (Å²) in [5.74, 6) is 0. The fourth-order valence-electron chi connectivity index (χ4n) is 1.08. The largest absolute Gasteiger partial charge is 0.383 e. The number of anilines is 1. The second-order valence-electron chi connectivity index (χ2n) is 2.64. The molecular formula is C8H11BrN2O. The molecule has 0 aliphatic heterocycles. The zero-order valence-corrected chi connectivity index (χ0v) is 8.87. The summed E-state index contributed by atoms with van der Waals surface area (Å²) in [6.07, 6.45) is 0. The normalized spacial score (nSPS) is 10.0. The Labute approximate surface area is 79.3 Å². The molecule has 0 aliphatic carbocycles. The van der Waals surface area contributed by atoms with Crippen molar-refractivity contribution in [3.63, 3.8) is 0 Å². The van der Waals surface area contributed by atoms with Crippen LogP contribution in [0.1, 0.15) is 11.1 Å². The summed E-state index contributed by atoms with van der Waals surface area (Å²) in [5.41, 5.74) is 2.58. The minimum atomic E-state index is -0.0903. The van der Waals surface area contributed by atoms with Crippen LogP contribution in [-0.2, 0) is 0 Å². The number of halogens is 1. The first-order valence-electron chi connectivity index (χ1n) is 3.64. The van der Waals surface area contributed by atoms with Crippen molar-refractivity contribution in [2.75, 3.05) is 12.4 Å². The summed E-state index contributed by atoms with van der Waals surface area (Å²) >= 11 is 3.28. The van der Waals surface area contributed by atoms with Crippen molar-refractivity contribution in [3.8, 4) is 0 Å². The summed E-state index contributed by atoms with van der Waals surface area (Å²) in [7, 11) is 1.74. The zero-order valence-electron chi connectivity index (χ0n) is 7.29. The topological polar surface area (TPSA) is 44.9 Å². The molecule has 0 saturated heterocycles. The molecule has 2 N–H and O–H groups in total. The summed E-state index contributed by atoms with van der Waals surface area (Å²) in [6.45, 7) is 3.87. The Morgan fingerprint density at radius 1 is 1.33 bits per heavy atom. The second-order valence-corrected chi connectivity index (χ2v) is 3.44. The van der Waals surface area contributed by atoms with Crippen molar-refractivity contribution < 1.29 is 0 Å². The molecule has 1 heterocycles. The van der Waals surface area contributed by atoms with E-state index in [4.69, 9.17) is 0 Å². The van der Waals surface area contributed by atoms with Crippen molar-refractivity contribution >= 4 is 21.6 Å². The van der Waals surface area contributed by atoms with Crippen LogP contribution in [0.4, 0.5) is 5.69 Å². The number of H-pyrrole nitrogens is 1. The summed E-state index contributed by atoms with van der Waals surface area (Å²) in [4.78, 5) is 14.0. The molecule has 1 rings (SSSR count). The highest BCUT2D eigenvalue weighted by atomic mass is 79.9. The third-order valence-corrected chi connectivity index (χ3v) is 2.76. The number of nitrogens with one attached hydrogen (secondary N) is 2. The number of hydrogen-bond acceptors (Lipinski definition) is 2. The van der Waals surface area contributed by atoms with E-state index < -0.39 is 0 Å². The fraction of sp³-hybridized carbons (Fsp3) is 0.375. The van der Waals surface area contributed by atoms with E-state index in [0.29, 0.717) is 5.69 Å². The van der Waals surface area contributed by atoms with Gasteiger partial charge in [0.15, 0.2) is 0 Å².